The molecule has 0 saturated carbocycles. The van der Waals surface area contributed by atoms with Crippen LogP contribution in [0.5, 0.6) is 0 Å². The summed E-state index contributed by atoms with van der Waals surface area (Å²) in [5, 5.41) is 3.71. The number of benzene rings is 1. The number of carbonyl (C=O) groups is 1. The van der Waals surface area contributed by atoms with Gasteiger partial charge in [0, 0.05) is 29.3 Å². The Labute approximate surface area is 125 Å². The number of amides is 1. The maximum Gasteiger partial charge on any atom is 0.242 e. The first kappa shape index (κ1) is 16.2. The summed E-state index contributed by atoms with van der Waals surface area (Å²) in [4.78, 5) is 14.2. The van der Waals surface area contributed by atoms with E-state index in [-0.39, 0.29) is 18.3 Å². The molecule has 5 heteroatoms. The van der Waals surface area contributed by atoms with Crippen molar-refractivity contribution in [3.63, 3.8) is 0 Å². The molecule has 1 aromatic rings. The Morgan fingerprint density at radius 2 is 2.05 bits per heavy atom. The summed E-state index contributed by atoms with van der Waals surface area (Å²) < 4.78 is 0. The first-order chi connectivity index (χ1) is 8.68. The third-order valence-electron chi connectivity index (χ3n) is 3.42. The van der Waals surface area contributed by atoms with Gasteiger partial charge in [-0.05, 0) is 19.1 Å². The first-order valence-electron chi connectivity index (χ1n) is 6.38. The summed E-state index contributed by atoms with van der Waals surface area (Å²) >= 11 is 1.95. The van der Waals surface area contributed by atoms with Crippen molar-refractivity contribution in [1.82, 2.24) is 4.90 Å². The van der Waals surface area contributed by atoms with Gasteiger partial charge in [0.1, 0.15) is 0 Å². The van der Waals surface area contributed by atoms with E-state index in [1.54, 1.807) is 0 Å². The molecule has 1 fully saturated rings. The molecule has 0 radical (unpaired) electrons. The molecule has 1 aliphatic heterocycles. The molecule has 1 aliphatic rings. The second-order valence-corrected chi connectivity index (χ2v) is 6.11. The van der Waals surface area contributed by atoms with Crippen LogP contribution in [0.4, 0.5) is 5.69 Å². The fourth-order valence-electron chi connectivity index (χ4n) is 2.12. The zero-order valence-electron chi connectivity index (χ0n) is 11.3. The third-order valence-corrected chi connectivity index (χ3v) is 4.76. The molecule has 3 nitrogen and oxygen atoms in total. The van der Waals surface area contributed by atoms with Crippen molar-refractivity contribution in [2.45, 2.75) is 25.1 Å². The maximum absolute atomic E-state index is 12.2. The molecule has 0 aliphatic carbocycles. The van der Waals surface area contributed by atoms with Crippen molar-refractivity contribution in [3.8, 4) is 0 Å². The molecular formula is C14H21ClN2OS. The SMILES string of the molecule is CC1SCCN(C(=O)CNc2ccccc2)C1C.Cl. The van der Waals surface area contributed by atoms with Gasteiger partial charge in [-0.15, -0.1) is 12.4 Å². The van der Waals surface area contributed by atoms with Gasteiger partial charge in [-0.2, -0.15) is 11.8 Å². The Morgan fingerprint density at radius 3 is 2.74 bits per heavy atom. The average Bonchev–Trinajstić information content (AvgIpc) is 2.40. The number of halogens is 1. The molecule has 1 aromatic carbocycles. The number of hydrogen-bond acceptors (Lipinski definition) is 3. The number of nitrogens with one attached hydrogen (secondary N) is 1. The lowest BCUT2D eigenvalue weighted by molar-refractivity contribution is -0.131. The Kier molecular flexibility index (Phi) is 6.52. The van der Waals surface area contributed by atoms with Gasteiger partial charge < -0.3 is 10.2 Å². The van der Waals surface area contributed by atoms with Gasteiger partial charge in [-0.25, -0.2) is 0 Å². The van der Waals surface area contributed by atoms with E-state index in [0.29, 0.717) is 17.8 Å². The molecule has 19 heavy (non-hydrogen) atoms. The minimum atomic E-state index is 0. The van der Waals surface area contributed by atoms with Gasteiger partial charge in [0.05, 0.1) is 6.54 Å². The molecular weight excluding hydrogens is 280 g/mol. The summed E-state index contributed by atoms with van der Waals surface area (Å²) in [6.07, 6.45) is 0. The Hall–Kier alpha value is -0.870. The van der Waals surface area contributed by atoms with Crippen LogP contribution in [0.15, 0.2) is 30.3 Å². The lowest BCUT2D eigenvalue weighted by atomic mass is 10.2. The fraction of sp³-hybridized carbons (Fsp3) is 0.500. The molecule has 1 N–H and O–H groups in total. The topological polar surface area (TPSA) is 32.3 Å². The van der Waals surface area contributed by atoms with Crippen molar-refractivity contribution in [1.29, 1.82) is 0 Å². The van der Waals surface area contributed by atoms with Crippen LogP contribution in [0.3, 0.4) is 0 Å². The van der Waals surface area contributed by atoms with E-state index in [2.05, 4.69) is 19.2 Å². The van der Waals surface area contributed by atoms with Gasteiger partial charge in [-0.3, -0.25) is 4.79 Å². The normalized spacial score (nSPS) is 22.5. The van der Waals surface area contributed by atoms with E-state index >= 15 is 0 Å². The van der Waals surface area contributed by atoms with Gasteiger partial charge in [0.15, 0.2) is 0 Å². The van der Waals surface area contributed by atoms with Crippen LogP contribution in [0.1, 0.15) is 13.8 Å². The van der Waals surface area contributed by atoms with Crippen LogP contribution in [0.25, 0.3) is 0 Å². The van der Waals surface area contributed by atoms with Crippen LogP contribution >= 0.6 is 24.2 Å². The first-order valence-corrected chi connectivity index (χ1v) is 7.43. The van der Waals surface area contributed by atoms with Gasteiger partial charge in [-0.1, -0.05) is 25.1 Å². The van der Waals surface area contributed by atoms with Crippen LogP contribution in [-0.2, 0) is 4.79 Å². The molecule has 2 atom stereocenters. The number of carbonyl (C=O) groups excluding carboxylic acids is 1. The third kappa shape index (κ3) is 4.32. The number of nitrogens with zero attached hydrogens (tertiary/aromatic N) is 1. The van der Waals surface area contributed by atoms with Crippen molar-refractivity contribution in [2.24, 2.45) is 0 Å². The lowest BCUT2D eigenvalue weighted by Crippen LogP contribution is -2.49. The quantitative estimate of drug-likeness (QED) is 0.931. The highest BCUT2D eigenvalue weighted by Gasteiger charge is 2.28. The number of para-hydroxylation sites is 1. The fourth-order valence-corrected chi connectivity index (χ4v) is 3.22. The van der Waals surface area contributed by atoms with Crippen molar-refractivity contribution >= 4 is 35.8 Å². The average molecular weight is 301 g/mol. The van der Waals surface area contributed by atoms with E-state index < -0.39 is 0 Å². The molecule has 0 aromatic heterocycles. The van der Waals surface area contributed by atoms with Gasteiger partial charge >= 0.3 is 0 Å². The van der Waals surface area contributed by atoms with Crippen LogP contribution in [0, 0.1) is 0 Å². The van der Waals surface area contributed by atoms with Crippen LogP contribution < -0.4 is 5.32 Å². The number of anilines is 1. The predicted octanol–water partition coefficient (Wildman–Crippen LogP) is 2.87. The second-order valence-electron chi connectivity index (χ2n) is 4.62. The zero-order chi connectivity index (χ0) is 13.0. The minimum Gasteiger partial charge on any atom is -0.376 e. The number of hydrogen-bond donors (Lipinski definition) is 1. The van der Waals surface area contributed by atoms with Crippen LogP contribution in [0.2, 0.25) is 0 Å². The Bertz CT molecular complexity index is 402. The molecule has 0 spiro atoms. The summed E-state index contributed by atoms with van der Waals surface area (Å²) in [5.74, 6) is 1.24. The van der Waals surface area contributed by atoms with Gasteiger partial charge in [0.2, 0.25) is 5.91 Å². The standard InChI is InChI=1S/C14H20N2OS.ClH/c1-11-12(2)18-9-8-16(11)14(17)10-15-13-6-4-3-5-7-13;/h3-7,11-12,15H,8-10H2,1-2H3;1H. The molecule has 1 amide bonds. The highest BCUT2D eigenvalue weighted by molar-refractivity contribution is 8.00. The van der Waals surface area contributed by atoms with Crippen molar-refractivity contribution < 1.29 is 4.79 Å². The molecule has 2 rings (SSSR count). The molecule has 0 bridgehead atoms. The van der Waals surface area contributed by atoms with E-state index in [1.165, 1.54) is 0 Å². The minimum absolute atomic E-state index is 0. The Morgan fingerprint density at radius 1 is 1.37 bits per heavy atom. The van der Waals surface area contributed by atoms with Gasteiger partial charge in [0.25, 0.3) is 0 Å². The number of thioether (sulfide) groups is 1. The summed E-state index contributed by atoms with van der Waals surface area (Å²) in [6, 6.07) is 10.2. The smallest absolute Gasteiger partial charge is 0.242 e. The number of rotatable bonds is 3. The highest BCUT2D eigenvalue weighted by atomic mass is 35.5. The zero-order valence-corrected chi connectivity index (χ0v) is 13.0. The van der Waals surface area contributed by atoms with Crippen LogP contribution in [-0.4, -0.2) is 40.9 Å². The van der Waals surface area contributed by atoms with E-state index in [4.69, 9.17) is 0 Å². The highest BCUT2D eigenvalue weighted by Crippen LogP contribution is 2.24. The molecule has 106 valence electrons. The van der Waals surface area contributed by atoms with E-state index in [1.807, 2.05) is 47.0 Å². The van der Waals surface area contributed by atoms with E-state index in [0.717, 1.165) is 18.0 Å². The maximum atomic E-state index is 12.2. The molecule has 1 heterocycles. The largest absolute Gasteiger partial charge is 0.376 e. The molecule has 2 unspecified atom stereocenters. The van der Waals surface area contributed by atoms with Crippen molar-refractivity contribution in [3.05, 3.63) is 30.3 Å². The van der Waals surface area contributed by atoms with E-state index in [9.17, 15) is 4.79 Å². The summed E-state index contributed by atoms with van der Waals surface area (Å²) in [6.45, 7) is 5.58. The summed E-state index contributed by atoms with van der Waals surface area (Å²) in [5.41, 5.74) is 0.998. The Balaban J connectivity index is 0.00000180. The predicted molar refractivity (Wildman–Crippen MR) is 85.3 cm³/mol. The monoisotopic (exact) mass is 300 g/mol. The summed E-state index contributed by atoms with van der Waals surface area (Å²) in [7, 11) is 0. The molecule has 1 saturated heterocycles. The van der Waals surface area contributed by atoms with Crippen molar-refractivity contribution in [2.75, 3.05) is 24.2 Å². The second kappa shape index (κ2) is 7.65. The lowest BCUT2D eigenvalue weighted by Gasteiger charge is -2.37.